The summed E-state index contributed by atoms with van der Waals surface area (Å²) in [5.41, 5.74) is 8.07. The fourth-order valence-corrected chi connectivity index (χ4v) is 4.00. The first kappa shape index (κ1) is 25.1. The van der Waals surface area contributed by atoms with Gasteiger partial charge in [-0.15, -0.1) is 0 Å². The van der Waals surface area contributed by atoms with Crippen molar-refractivity contribution in [2.75, 3.05) is 6.61 Å². The lowest BCUT2D eigenvalue weighted by atomic mass is 9.86. The summed E-state index contributed by atoms with van der Waals surface area (Å²) in [5, 5.41) is 3.15. The van der Waals surface area contributed by atoms with Gasteiger partial charge < -0.3 is 4.74 Å². The number of hydrazine groups is 1. The number of benzene rings is 2. The summed E-state index contributed by atoms with van der Waals surface area (Å²) < 4.78 is 6.31. The van der Waals surface area contributed by atoms with Gasteiger partial charge in [-0.3, -0.25) is 25.8 Å². The molecule has 0 spiro atoms. The number of nitrogens with one attached hydrogen (secondary N) is 3. The predicted molar refractivity (Wildman–Crippen MR) is 131 cm³/mol. The van der Waals surface area contributed by atoms with Gasteiger partial charge in [0.05, 0.1) is 0 Å². The Balaban J connectivity index is 1.84. The molecule has 0 atom stereocenters. The van der Waals surface area contributed by atoms with E-state index >= 15 is 0 Å². The molecule has 166 valence electrons. The van der Waals surface area contributed by atoms with Gasteiger partial charge in [-0.2, -0.15) is 0 Å². The summed E-state index contributed by atoms with van der Waals surface area (Å²) in [5.74, 6) is -0.315. The minimum Gasteiger partial charge on any atom is -0.484 e. The van der Waals surface area contributed by atoms with Crippen LogP contribution in [0.15, 0.2) is 34.8 Å². The third-order valence-electron chi connectivity index (χ3n) is 4.36. The first-order valence-corrected chi connectivity index (χ1v) is 11.1. The molecule has 0 aromatic heterocycles. The number of thiocarbonyl (C=S) groups is 1. The molecule has 2 aromatic carbocycles. The van der Waals surface area contributed by atoms with E-state index < -0.39 is 11.8 Å². The van der Waals surface area contributed by atoms with Crippen LogP contribution in [0.1, 0.15) is 47.8 Å². The van der Waals surface area contributed by atoms with E-state index in [1.54, 1.807) is 24.3 Å². The van der Waals surface area contributed by atoms with Gasteiger partial charge >= 0.3 is 0 Å². The second-order valence-electron chi connectivity index (χ2n) is 8.06. The lowest BCUT2D eigenvalue weighted by Gasteiger charge is -2.21. The van der Waals surface area contributed by atoms with Crippen molar-refractivity contribution in [1.82, 2.24) is 16.2 Å². The van der Waals surface area contributed by atoms with Gasteiger partial charge in [0.1, 0.15) is 5.75 Å². The first-order chi connectivity index (χ1) is 14.4. The Bertz CT molecular complexity index is 999. The zero-order valence-corrected chi connectivity index (χ0v) is 21.1. The number of amides is 2. The molecule has 0 bridgehead atoms. The van der Waals surface area contributed by atoms with Crippen LogP contribution < -0.4 is 20.9 Å². The quantitative estimate of drug-likeness (QED) is 0.396. The van der Waals surface area contributed by atoms with Crippen molar-refractivity contribution in [2.24, 2.45) is 0 Å². The van der Waals surface area contributed by atoms with E-state index in [-0.39, 0.29) is 17.1 Å². The molecule has 0 saturated heterocycles. The van der Waals surface area contributed by atoms with Crippen molar-refractivity contribution in [3.05, 3.63) is 62.1 Å². The van der Waals surface area contributed by atoms with Crippen molar-refractivity contribution in [3.63, 3.8) is 0 Å². The Labute approximate surface area is 201 Å². The fourth-order valence-electron chi connectivity index (χ4n) is 2.77. The molecule has 31 heavy (non-hydrogen) atoms. The minimum atomic E-state index is -0.459. The van der Waals surface area contributed by atoms with E-state index in [2.05, 4.69) is 52.9 Å². The molecule has 6 nitrogen and oxygen atoms in total. The SMILES string of the molecule is Cc1cc(OCC(=O)NNC(=S)NC(=O)c2ccc(C(C)(C)C)c(Br)c2)cc(C)c1Cl. The van der Waals surface area contributed by atoms with Gasteiger partial charge in [-0.25, -0.2) is 0 Å². The van der Waals surface area contributed by atoms with Crippen molar-refractivity contribution in [2.45, 2.75) is 40.0 Å². The van der Waals surface area contributed by atoms with Gasteiger partial charge in [-0.1, -0.05) is 54.4 Å². The van der Waals surface area contributed by atoms with E-state index in [0.717, 1.165) is 21.2 Å². The van der Waals surface area contributed by atoms with Gasteiger partial charge in [-0.05, 0) is 72.4 Å². The van der Waals surface area contributed by atoms with Gasteiger partial charge in [0, 0.05) is 15.1 Å². The Hall–Kier alpha value is -2.16. The summed E-state index contributed by atoms with van der Waals surface area (Å²) in [4.78, 5) is 24.4. The predicted octanol–water partition coefficient (Wildman–Crippen LogP) is 4.73. The molecular formula is C22H25BrClN3O3S. The van der Waals surface area contributed by atoms with Crippen LogP contribution in [0.4, 0.5) is 0 Å². The van der Waals surface area contributed by atoms with Gasteiger partial charge in [0.15, 0.2) is 11.7 Å². The summed E-state index contributed by atoms with van der Waals surface area (Å²) >= 11 is 14.7. The molecule has 0 aliphatic carbocycles. The third kappa shape index (κ3) is 7.19. The van der Waals surface area contributed by atoms with E-state index in [1.807, 2.05) is 19.9 Å². The highest BCUT2D eigenvalue weighted by atomic mass is 79.9. The number of aryl methyl sites for hydroxylation is 2. The molecular weight excluding hydrogens is 502 g/mol. The van der Waals surface area contributed by atoms with Crippen molar-refractivity contribution < 1.29 is 14.3 Å². The Morgan fingerprint density at radius 3 is 2.26 bits per heavy atom. The number of halogens is 2. The normalized spacial score (nSPS) is 10.9. The lowest BCUT2D eigenvalue weighted by molar-refractivity contribution is -0.123. The second kappa shape index (κ2) is 10.4. The van der Waals surface area contributed by atoms with Crippen molar-refractivity contribution >= 4 is 56.7 Å². The smallest absolute Gasteiger partial charge is 0.276 e. The van der Waals surface area contributed by atoms with Gasteiger partial charge in [0.2, 0.25) is 0 Å². The highest BCUT2D eigenvalue weighted by Crippen LogP contribution is 2.30. The molecule has 0 aliphatic rings. The molecule has 0 radical (unpaired) electrons. The Morgan fingerprint density at radius 2 is 1.71 bits per heavy atom. The maximum Gasteiger partial charge on any atom is 0.276 e. The van der Waals surface area contributed by atoms with Gasteiger partial charge in [0.25, 0.3) is 11.8 Å². The van der Waals surface area contributed by atoms with Crippen molar-refractivity contribution in [1.29, 1.82) is 0 Å². The van der Waals surface area contributed by atoms with E-state index in [1.165, 1.54) is 0 Å². The number of hydrogen-bond donors (Lipinski definition) is 3. The number of carbonyl (C=O) groups excluding carboxylic acids is 2. The highest BCUT2D eigenvalue weighted by Gasteiger charge is 2.18. The second-order valence-corrected chi connectivity index (χ2v) is 9.70. The monoisotopic (exact) mass is 525 g/mol. The number of rotatable bonds is 4. The van der Waals surface area contributed by atoms with Crippen LogP contribution in [0.2, 0.25) is 5.02 Å². The molecule has 0 unspecified atom stereocenters. The van der Waals surface area contributed by atoms with Crippen LogP contribution in [-0.4, -0.2) is 23.5 Å². The zero-order valence-electron chi connectivity index (χ0n) is 18.0. The summed E-state index contributed by atoms with van der Waals surface area (Å²) in [6.45, 7) is 9.76. The topological polar surface area (TPSA) is 79.5 Å². The minimum absolute atomic E-state index is 0.0347. The Kier molecular flexibility index (Phi) is 8.45. The molecule has 0 aliphatic heterocycles. The molecule has 2 rings (SSSR count). The van der Waals surface area contributed by atoms with Crippen LogP contribution >= 0.6 is 39.7 Å². The van der Waals surface area contributed by atoms with Crippen LogP contribution in [0.3, 0.4) is 0 Å². The van der Waals surface area contributed by atoms with Crippen molar-refractivity contribution in [3.8, 4) is 5.75 Å². The molecule has 2 aromatic rings. The molecule has 0 fully saturated rings. The molecule has 3 N–H and O–H groups in total. The zero-order chi connectivity index (χ0) is 23.3. The average molecular weight is 527 g/mol. The summed E-state index contributed by atoms with van der Waals surface area (Å²) in [7, 11) is 0. The lowest BCUT2D eigenvalue weighted by Crippen LogP contribution is -2.49. The molecule has 0 saturated carbocycles. The van der Waals surface area contributed by atoms with Crippen LogP contribution in [0, 0.1) is 13.8 Å². The van der Waals surface area contributed by atoms with Crippen LogP contribution in [-0.2, 0) is 10.2 Å². The maximum atomic E-state index is 12.4. The van der Waals surface area contributed by atoms with E-state index in [0.29, 0.717) is 16.3 Å². The average Bonchev–Trinajstić information content (AvgIpc) is 2.67. The molecule has 9 heteroatoms. The number of carbonyl (C=O) groups is 2. The Morgan fingerprint density at radius 1 is 1.10 bits per heavy atom. The summed E-state index contributed by atoms with van der Waals surface area (Å²) in [6, 6.07) is 8.87. The highest BCUT2D eigenvalue weighted by molar-refractivity contribution is 9.10. The largest absolute Gasteiger partial charge is 0.484 e. The standard InChI is InChI=1S/C22H25BrClN3O3S/c1-12-8-15(9-13(2)19(12)24)30-11-18(28)26-27-21(31)25-20(29)14-6-7-16(17(23)10-14)22(3,4)5/h6-10H,11H2,1-5H3,(H,26,28)(H2,25,27,29,31). The van der Waals surface area contributed by atoms with Crippen LogP contribution in [0.5, 0.6) is 5.75 Å². The van der Waals surface area contributed by atoms with E-state index in [9.17, 15) is 9.59 Å². The fraction of sp³-hybridized carbons (Fsp3) is 0.318. The summed E-state index contributed by atoms with van der Waals surface area (Å²) in [6.07, 6.45) is 0. The first-order valence-electron chi connectivity index (χ1n) is 9.48. The van der Waals surface area contributed by atoms with Crippen LogP contribution in [0.25, 0.3) is 0 Å². The maximum absolute atomic E-state index is 12.4. The number of ether oxygens (including phenoxy) is 1. The van der Waals surface area contributed by atoms with E-state index in [4.69, 9.17) is 28.6 Å². The molecule has 2 amide bonds. The molecule has 0 heterocycles. The third-order valence-corrected chi connectivity index (χ3v) is 5.82. The number of hydrogen-bond acceptors (Lipinski definition) is 4.